The zero-order valence-electron chi connectivity index (χ0n) is 11.7. The number of carbonyl (C=O) groups is 1. The summed E-state index contributed by atoms with van der Waals surface area (Å²) in [5.41, 5.74) is 1.62. The second kappa shape index (κ2) is 5.80. The molecule has 1 saturated heterocycles. The third-order valence-corrected chi connectivity index (χ3v) is 4.73. The Kier molecular flexibility index (Phi) is 4.29. The average molecular weight is 297 g/mol. The molecular weight excluding hydrogens is 278 g/mol. The lowest BCUT2D eigenvalue weighted by atomic mass is 10.1. The Morgan fingerprint density at radius 1 is 1.10 bits per heavy atom. The first-order valence-electron chi connectivity index (χ1n) is 6.44. The van der Waals surface area contributed by atoms with E-state index in [1.807, 2.05) is 12.1 Å². The number of hydrogen-bond donors (Lipinski definition) is 1. The highest BCUT2D eigenvalue weighted by Gasteiger charge is 2.23. The third kappa shape index (κ3) is 3.29. The average Bonchev–Trinajstić information content (AvgIpc) is 2.46. The number of benzene rings is 1. The summed E-state index contributed by atoms with van der Waals surface area (Å²) in [6, 6.07) is 7.33. The van der Waals surface area contributed by atoms with E-state index in [1.54, 1.807) is 19.2 Å². The summed E-state index contributed by atoms with van der Waals surface area (Å²) < 4.78 is 24.4. The third-order valence-electron chi connectivity index (χ3n) is 3.43. The fourth-order valence-electron chi connectivity index (χ4n) is 2.25. The van der Waals surface area contributed by atoms with Crippen molar-refractivity contribution in [3.8, 4) is 0 Å². The van der Waals surface area contributed by atoms with Gasteiger partial charge in [-0.15, -0.1) is 0 Å². The molecule has 0 radical (unpaired) electrons. The molecule has 0 bridgehead atoms. The second-order valence-electron chi connectivity index (χ2n) is 4.78. The molecule has 0 aliphatic carbocycles. The van der Waals surface area contributed by atoms with E-state index < -0.39 is 10.0 Å². The first-order valence-corrected chi connectivity index (χ1v) is 8.29. The van der Waals surface area contributed by atoms with Crippen LogP contribution in [0.1, 0.15) is 10.4 Å². The zero-order chi connectivity index (χ0) is 14.8. The molecule has 1 aliphatic rings. The van der Waals surface area contributed by atoms with Gasteiger partial charge in [0.15, 0.2) is 0 Å². The second-order valence-corrected chi connectivity index (χ2v) is 6.76. The Balaban J connectivity index is 2.02. The van der Waals surface area contributed by atoms with Crippen LogP contribution in [0, 0.1) is 0 Å². The van der Waals surface area contributed by atoms with Gasteiger partial charge in [0.1, 0.15) is 0 Å². The zero-order valence-corrected chi connectivity index (χ0v) is 12.5. The molecule has 0 saturated carbocycles. The van der Waals surface area contributed by atoms with Crippen LogP contribution < -0.4 is 10.2 Å². The number of nitrogens with zero attached hydrogens (tertiary/aromatic N) is 2. The summed E-state index contributed by atoms with van der Waals surface area (Å²) in [6.07, 6.45) is 1.24. The van der Waals surface area contributed by atoms with Crippen molar-refractivity contribution in [2.75, 3.05) is 44.4 Å². The summed E-state index contributed by atoms with van der Waals surface area (Å²) in [5.74, 6) is -0.113. The molecule has 0 atom stereocenters. The van der Waals surface area contributed by atoms with E-state index in [0.29, 0.717) is 31.7 Å². The highest BCUT2D eigenvalue weighted by atomic mass is 32.2. The molecule has 0 aromatic heterocycles. The van der Waals surface area contributed by atoms with Crippen molar-refractivity contribution in [3.63, 3.8) is 0 Å². The monoisotopic (exact) mass is 297 g/mol. The van der Waals surface area contributed by atoms with E-state index in [9.17, 15) is 13.2 Å². The Bertz CT molecular complexity index is 575. The molecule has 7 heteroatoms. The number of nitrogens with one attached hydrogen (secondary N) is 1. The van der Waals surface area contributed by atoms with Crippen molar-refractivity contribution in [1.82, 2.24) is 9.62 Å². The van der Waals surface area contributed by atoms with Gasteiger partial charge in [-0.25, -0.2) is 8.42 Å². The number of piperazine rings is 1. The van der Waals surface area contributed by atoms with Crippen LogP contribution in [0.25, 0.3) is 0 Å². The van der Waals surface area contributed by atoms with Crippen molar-refractivity contribution >= 4 is 21.6 Å². The van der Waals surface area contributed by atoms with Crippen molar-refractivity contribution in [3.05, 3.63) is 29.8 Å². The summed E-state index contributed by atoms with van der Waals surface area (Å²) in [7, 11) is -1.50. The standard InChI is InChI=1S/C13H19N3O3S/c1-14-13(17)11-3-5-12(6-4-11)15-7-9-16(10-8-15)20(2,18)19/h3-6H,7-10H2,1-2H3,(H,14,17). The summed E-state index contributed by atoms with van der Waals surface area (Å²) >= 11 is 0. The van der Waals surface area contributed by atoms with E-state index >= 15 is 0 Å². The molecule has 1 fully saturated rings. The van der Waals surface area contributed by atoms with E-state index in [-0.39, 0.29) is 5.91 Å². The molecule has 2 rings (SSSR count). The maximum atomic E-state index is 11.5. The summed E-state index contributed by atoms with van der Waals surface area (Å²) in [4.78, 5) is 13.6. The molecule has 1 aliphatic heterocycles. The number of carbonyl (C=O) groups excluding carboxylic acids is 1. The summed E-state index contributed by atoms with van der Waals surface area (Å²) in [6.45, 7) is 2.31. The van der Waals surface area contributed by atoms with E-state index in [2.05, 4.69) is 10.2 Å². The normalized spacial score (nSPS) is 17.0. The SMILES string of the molecule is CNC(=O)c1ccc(N2CCN(S(C)(=O)=O)CC2)cc1. The molecule has 110 valence electrons. The summed E-state index contributed by atoms with van der Waals surface area (Å²) in [5, 5.41) is 2.58. The van der Waals surface area contributed by atoms with Crippen molar-refractivity contribution in [1.29, 1.82) is 0 Å². The van der Waals surface area contributed by atoms with Gasteiger partial charge in [0.25, 0.3) is 5.91 Å². The Hall–Kier alpha value is -1.60. The molecule has 0 spiro atoms. The Morgan fingerprint density at radius 3 is 2.10 bits per heavy atom. The highest BCUT2D eigenvalue weighted by molar-refractivity contribution is 7.88. The maximum Gasteiger partial charge on any atom is 0.251 e. The maximum absolute atomic E-state index is 11.5. The van der Waals surface area contributed by atoms with Crippen LogP contribution in [0.15, 0.2) is 24.3 Å². The lowest BCUT2D eigenvalue weighted by Crippen LogP contribution is -2.48. The van der Waals surface area contributed by atoms with Gasteiger partial charge in [0, 0.05) is 44.5 Å². The van der Waals surface area contributed by atoms with E-state index in [0.717, 1.165) is 5.69 Å². The number of amides is 1. The quantitative estimate of drug-likeness (QED) is 0.861. The molecular formula is C13H19N3O3S. The Labute approximate surface area is 119 Å². The molecule has 1 N–H and O–H groups in total. The fraction of sp³-hybridized carbons (Fsp3) is 0.462. The fourth-order valence-corrected chi connectivity index (χ4v) is 3.07. The molecule has 20 heavy (non-hydrogen) atoms. The van der Waals surface area contributed by atoms with Gasteiger partial charge in [-0.3, -0.25) is 4.79 Å². The highest BCUT2D eigenvalue weighted by Crippen LogP contribution is 2.18. The lowest BCUT2D eigenvalue weighted by molar-refractivity contribution is 0.0963. The molecule has 1 amide bonds. The first kappa shape index (κ1) is 14.8. The minimum Gasteiger partial charge on any atom is -0.369 e. The van der Waals surface area contributed by atoms with Gasteiger partial charge in [-0.1, -0.05) is 0 Å². The molecule has 6 nitrogen and oxygen atoms in total. The van der Waals surface area contributed by atoms with Crippen LogP contribution in [-0.4, -0.2) is 58.1 Å². The van der Waals surface area contributed by atoms with Gasteiger partial charge in [-0.05, 0) is 24.3 Å². The molecule has 0 unspecified atom stereocenters. The number of rotatable bonds is 3. The largest absolute Gasteiger partial charge is 0.369 e. The van der Waals surface area contributed by atoms with Gasteiger partial charge in [-0.2, -0.15) is 4.31 Å². The minimum absolute atomic E-state index is 0.113. The van der Waals surface area contributed by atoms with Crippen LogP contribution in [0.5, 0.6) is 0 Å². The predicted octanol–water partition coefficient (Wildman–Crippen LogP) is 0.128. The van der Waals surface area contributed by atoms with Gasteiger partial charge in [0.2, 0.25) is 10.0 Å². The van der Waals surface area contributed by atoms with Crippen LogP contribution in [-0.2, 0) is 10.0 Å². The topological polar surface area (TPSA) is 69.7 Å². The van der Waals surface area contributed by atoms with Crippen LogP contribution in [0.3, 0.4) is 0 Å². The Morgan fingerprint density at radius 2 is 1.65 bits per heavy atom. The van der Waals surface area contributed by atoms with E-state index in [4.69, 9.17) is 0 Å². The lowest BCUT2D eigenvalue weighted by Gasteiger charge is -2.34. The number of hydrogen-bond acceptors (Lipinski definition) is 4. The molecule has 1 aromatic carbocycles. The van der Waals surface area contributed by atoms with Crippen LogP contribution in [0.4, 0.5) is 5.69 Å². The van der Waals surface area contributed by atoms with Crippen molar-refractivity contribution in [2.24, 2.45) is 0 Å². The smallest absolute Gasteiger partial charge is 0.251 e. The van der Waals surface area contributed by atoms with E-state index in [1.165, 1.54) is 10.6 Å². The minimum atomic E-state index is -3.10. The number of sulfonamides is 1. The van der Waals surface area contributed by atoms with Gasteiger partial charge in [0.05, 0.1) is 6.26 Å². The molecule has 1 aromatic rings. The number of anilines is 1. The van der Waals surface area contributed by atoms with Crippen molar-refractivity contribution < 1.29 is 13.2 Å². The van der Waals surface area contributed by atoms with Crippen LogP contribution >= 0.6 is 0 Å². The predicted molar refractivity (Wildman–Crippen MR) is 78.5 cm³/mol. The van der Waals surface area contributed by atoms with Crippen LogP contribution in [0.2, 0.25) is 0 Å². The van der Waals surface area contributed by atoms with Gasteiger partial charge >= 0.3 is 0 Å². The van der Waals surface area contributed by atoms with Crippen molar-refractivity contribution in [2.45, 2.75) is 0 Å². The van der Waals surface area contributed by atoms with Gasteiger partial charge < -0.3 is 10.2 Å². The molecule has 1 heterocycles. The first-order chi connectivity index (χ1) is 9.41.